The summed E-state index contributed by atoms with van der Waals surface area (Å²) in [5, 5.41) is 9.85. The standard InChI is InChI=1S/C18H20F3NO2S/c1-2-10-22-11-3-4-15(17(23)24)16(22)25-12-9-18(20,21)13-5-7-14(19)8-6-13/h3-8H,2,9-12H2,1H3,(H,23,24). The molecular weight excluding hydrogens is 351 g/mol. The lowest BCUT2D eigenvalue weighted by Gasteiger charge is -2.29. The van der Waals surface area contributed by atoms with Gasteiger partial charge in [0.1, 0.15) is 5.82 Å². The second-order valence-electron chi connectivity index (χ2n) is 5.68. The summed E-state index contributed by atoms with van der Waals surface area (Å²) in [6, 6.07) is 4.18. The summed E-state index contributed by atoms with van der Waals surface area (Å²) in [5.74, 6) is -4.66. The van der Waals surface area contributed by atoms with Gasteiger partial charge in [-0.25, -0.2) is 18.0 Å². The van der Waals surface area contributed by atoms with Crippen LogP contribution in [0.5, 0.6) is 0 Å². The molecule has 0 aromatic heterocycles. The molecule has 0 atom stereocenters. The van der Waals surface area contributed by atoms with Crippen molar-refractivity contribution in [1.82, 2.24) is 4.90 Å². The number of halogens is 3. The van der Waals surface area contributed by atoms with E-state index in [1.165, 1.54) is 6.08 Å². The maximum Gasteiger partial charge on any atom is 0.338 e. The molecule has 136 valence electrons. The van der Waals surface area contributed by atoms with E-state index in [4.69, 9.17) is 0 Å². The molecule has 0 bridgehead atoms. The Morgan fingerprint density at radius 2 is 2.00 bits per heavy atom. The normalized spacial score (nSPS) is 15.0. The second kappa shape index (κ2) is 8.47. The summed E-state index contributed by atoms with van der Waals surface area (Å²) >= 11 is 1.13. The SMILES string of the molecule is CCCN1CC=CC(C(=O)O)=C1SCCC(F)(F)c1ccc(F)cc1. The molecule has 0 fully saturated rings. The van der Waals surface area contributed by atoms with Crippen LogP contribution in [-0.2, 0) is 10.7 Å². The summed E-state index contributed by atoms with van der Waals surface area (Å²) in [4.78, 5) is 13.3. The van der Waals surface area contributed by atoms with Crippen molar-refractivity contribution in [3.05, 3.63) is 58.4 Å². The highest BCUT2D eigenvalue weighted by molar-refractivity contribution is 8.03. The number of carboxylic acids is 1. The highest BCUT2D eigenvalue weighted by Crippen LogP contribution is 2.36. The van der Waals surface area contributed by atoms with Crippen molar-refractivity contribution in [2.45, 2.75) is 25.7 Å². The number of alkyl halides is 2. The van der Waals surface area contributed by atoms with E-state index in [0.717, 1.165) is 42.4 Å². The molecule has 25 heavy (non-hydrogen) atoms. The average Bonchev–Trinajstić information content (AvgIpc) is 2.56. The Morgan fingerprint density at radius 3 is 2.60 bits per heavy atom. The first-order valence-corrected chi connectivity index (χ1v) is 8.99. The van der Waals surface area contributed by atoms with Crippen LogP contribution in [0.15, 0.2) is 47.0 Å². The smallest absolute Gasteiger partial charge is 0.338 e. The second-order valence-corrected chi connectivity index (χ2v) is 6.77. The minimum atomic E-state index is -3.09. The molecule has 1 aliphatic heterocycles. The van der Waals surface area contributed by atoms with Gasteiger partial charge in [0.2, 0.25) is 0 Å². The van der Waals surface area contributed by atoms with Crippen LogP contribution in [0.4, 0.5) is 13.2 Å². The minimum Gasteiger partial charge on any atom is -0.478 e. The minimum absolute atomic E-state index is 0.0601. The molecule has 0 radical (unpaired) electrons. The summed E-state index contributed by atoms with van der Waals surface area (Å²) in [5.41, 5.74) is -0.106. The molecule has 0 aliphatic carbocycles. The number of carbonyl (C=O) groups is 1. The van der Waals surface area contributed by atoms with E-state index in [1.807, 2.05) is 11.8 Å². The molecule has 3 nitrogen and oxygen atoms in total. The van der Waals surface area contributed by atoms with Gasteiger partial charge in [-0.2, -0.15) is 0 Å². The Bertz CT molecular complexity index is 671. The third-order valence-electron chi connectivity index (χ3n) is 3.77. The van der Waals surface area contributed by atoms with Crippen molar-refractivity contribution in [2.24, 2.45) is 0 Å². The fourth-order valence-electron chi connectivity index (χ4n) is 2.53. The van der Waals surface area contributed by atoms with Gasteiger partial charge in [-0.15, -0.1) is 11.8 Å². The van der Waals surface area contributed by atoms with E-state index >= 15 is 0 Å². The maximum absolute atomic E-state index is 14.2. The molecule has 2 rings (SSSR count). The molecule has 7 heteroatoms. The molecule has 1 heterocycles. The molecule has 0 spiro atoms. The zero-order chi connectivity index (χ0) is 18.4. The summed E-state index contributed by atoms with van der Waals surface area (Å²) in [6.07, 6.45) is 3.66. The van der Waals surface area contributed by atoms with Gasteiger partial charge in [0.05, 0.1) is 10.6 Å². The number of nitrogens with zero attached hydrogens (tertiary/aromatic N) is 1. The van der Waals surface area contributed by atoms with Gasteiger partial charge in [-0.3, -0.25) is 0 Å². The van der Waals surface area contributed by atoms with E-state index in [-0.39, 0.29) is 16.9 Å². The van der Waals surface area contributed by atoms with Gasteiger partial charge in [-0.05, 0) is 24.6 Å². The lowest BCUT2D eigenvalue weighted by Crippen LogP contribution is -2.28. The van der Waals surface area contributed by atoms with Crippen molar-refractivity contribution < 1.29 is 23.1 Å². The number of hydrogen-bond donors (Lipinski definition) is 1. The summed E-state index contributed by atoms with van der Waals surface area (Å²) in [6.45, 7) is 3.21. The Balaban J connectivity index is 2.07. The van der Waals surface area contributed by atoms with Crippen molar-refractivity contribution in [3.63, 3.8) is 0 Å². The van der Waals surface area contributed by atoms with Gasteiger partial charge in [-0.1, -0.05) is 25.1 Å². The third kappa shape index (κ3) is 5.04. The lowest BCUT2D eigenvalue weighted by atomic mass is 10.1. The van der Waals surface area contributed by atoms with E-state index in [1.54, 1.807) is 6.08 Å². The summed E-state index contributed by atoms with van der Waals surface area (Å²) in [7, 11) is 0. The lowest BCUT2D eigenvalue weighted by molar-refractivity contribution is -0.132. The van der Waals surface area contributed by atoms with Crippen LogP contribution in [0.25, 0.3) is 0 Å². The van der Waals surface area contributed by atoms with Gasteiger partial charge < -0.3 is 10.0 Å². The van der Waals surface area contributed by atoms with Crippen molar-refractivity contribution in [3.8, 4) is 0 Å². The number of rotatable bonds is 8. The molecule has 0 saturated heterocycles. The molecule has 0 amide bonds. The first-order valence-electron chi connectivity index (χ1n) is 8.01. The van der Waals surface area contributed by atoms with Gasteiger partial charge in [0.25, 0.3) is 5.92 Å². The van der Waals surface area contributed by atoms with E-state index in [9.17, 15) is 23.1 Å². The third-order valence-corrected chi connectivity index (χ3v) is 4.93. The van der Waals surface area contributed by atoms with Crippen LogP contribution >= 0.6 is 11.8 Å². The predicted octanol–water partition coefficient (Wildman–Crippen LogP) is 4.62. The van der Waals surface area contributed by atoms with E-state index < -0.39 is 24.1 Å². The van der Waals surface area contributed by atoms with Crippen molar-refractivity contribution in [2.75, 3.05) is 18.8 Å². The molecule has 0 saturated carbocycles. The van der Waals surface area contributed by atoms with Crippen LogP contribution in [0.3, 0.4) is 0 Å². The van der Waals surface area contributed by atoms with Gasteiger partial charge in [0, 0.05) is 30.8 Å². The molecule has 1 aromatic carbocycles. The molecule has 1 aromatic rings. The fourth-order valence-corrected chi connectivity index (χ4v) is 3.74. The van der Waals surface area contributed by atoms with Crippen LogP contribution in [0.1, 0.15) is 25.3 Å². The summed E-state index contributed by atoms with van der Waals surface area (Å²) < 4.78 is 41.4. The number of hydrogen-bond acceptors (Lipinski definition) is 3. The Kier molecular flexibility index (Phi) is 6.58. The molecule has 0 unspecified atom stereocenters. The first-order chi connectivity index (χ1) is 11.8. The Labute approximate surface area is 149 Å². The Morgan fingerprint density at radius 1 is 1.32 bits per heavy atom. The number of thioether (sulfide) groups is 1. The maximum atomic E-state index is 14.2. The van der Waals surface area contributed by atoms with Crippen molar-refractivity contribution >= 4 is 17.7 Å². The highest BCUT2D eigenvalue weighted by atomic mass is 32.2. The van der Waals surface area contributed by atoms with Gasteiger partial charge >= 0.3 is 5.97 Å². The molecule has 1 N–H and O–H groups in total. The number of carboxylic acid groups (broad SMARTS) is 1. The largest absolute Gasteiger partial charge is 0.478 e. The fraction of sp³-hybridized carbons (Fsp3) is 0.389. The van der Waals surface area contributed by atoms with E-state index in [0.29, 0.717) is 18.1 Å². The number of benzene rings is 1. The monoisotopic (exact) mass is 371 g/mol. The molecular formula is C18H20F3NO2S. The van der Waals surface area contributed by atoms with Crippen LogP contribution in [0.2, 0.25) is 0 Å². The van der Waals surface area contributed by atoms with Crippen LogP contribution < -0.4 is 0 Å². The van der Waals surface area contributed by atoms with Crippen LogP contribution in [-0.4, -0.2) is 34.8 Å². The predicted molar refractivity (Wildman–Crippen MR) is 93.0 cm³/mol. The van der Waals surface area contributed by atoms with E-state index in [2.05, 4.69) is 0 Å². The van der Waals surface area contributed by atoms with Crippen LogP contribution in [0, 0.1) is 5.82 Å². The number of aliphatic carboxylic acids is 1. The zero-order valence-corrected chi connectivity index (χ0v) is 14.7. The average molecular weight is 371 g/mol. The first kappa shape index (κ1) is 19.4. The molecule has 1 aliphatic rings. The Hall–Kier alpha value is -1.89. The van der Waals surface area contributed by atoms with Crippen molar-refractivity contribution in [1.29, 1.82) is 0 Å². The topological polar surface area (TPSA) is 40.5 Å². The quantitative estimate of drug-likeness (QED) is 0.724. The van der Waals surface area contributed by atoms with Gasteiger partial charge in [0.15, 0.2) is 0 Å². The zero-order valence-electron chi connectivity index (χ0n) is 13.8. The highest BCUT2D eigenvalue weighted by Gasteiger charge is 2.31.